The van der Waals surface area contributed by atoms with Gasteiger partial charge in [0, 0.05) is 0 Å². The monoisotopic (exact) mass is 226 g/mol. The Kier molecular flexibility index (Phi) is 3.46. The minimum Gasteiger partial charge on any atom is -0.507 e. The van der Waals surface area contributed by atoms with Gasteiger partial charge < -0.3 is 9.84 Å². The van der Waals surface area contributed by atoms with Crippen LogP contribution in [0.1, 0.15) is 11.1 Å². The first-order valence-corrected chi connectivity index (χ1v) is 5.40. The number of ether oxygens (including phenoxy) is 1. The zero-order valence-electron chi connectivity index (χ0n) is 9.63. The Balaban J connectivity index is 2.33. The average Bonchev–Trinajstić information content (AvgIpc) is 2.38. The van der Waals surface area contributed by atoms with Crippen LogP contribution in [0.25, 0.3) is 12.2 Å². The molecular weight excluding hydrogens is 212 g/mol. The number of aromatic hydroxyl groups is 1. The summed E-state index contributed by atoms with van der Waals surface area (Å²) < 4.78 is 5.20. The smallest absolute Gasteiger partial charge is 0.129 e. The molecule has 2 nitrogen and oxygen atoms in total. The van der Waals surface area contributed by atoms with Gasteiger partial charge in [-0.1, -0.05) is 42.5 Å². The zero-order valence-corrected chi connectivity index (χ0v) is 9.63. The largest absolute Gasteiger partial charge is 0.507 e. The summed E-state index contributed by atoms with van der Waals surface area (Å²) in [4.78, 5) is 0. The van der Waals surface area contributed by atoms with E-state index in [1.807, 2.05) is 48.6 Å². The van der Waals surface area contributed by atoms with Crippen molar-refractivity contribution in [2.75, 3.05) is 7.11 Å². The van der Waals surface area contributed by atoms with Gasteiger partial charge in [0.25, 0.3) is 0 Å². The van der Waals surface area contributed by atoms with Crippen LogP contribution in [0.4, 0.5) is 0 Å². The van der Waals surface area contributed by atoms with Crippen molar-refractivity contribution in [1.29, 1.82) is 0 Å². The van der Waals surface area contributed by atoms with Crippen molar-refractivity contribution in [2.45, 2.75) is 0 Å². The van der Waals surface area contributed by atoms with Crippen LogP contribution in [-0.4, -0.2) is 12.2 Å². The molecule has 2 aromatic carbocycles. The van der Waals surface area contributed by atoms with Gasteiger partial charge >= 0.3 is 0 Å². The summed E-state index contributed by atoms with van der Waals surface area (Å²) in [5.41, 5.74) is 1.77. The number of methoxy groups -OCH3 is 1. The molecule has 0 heterocycles. The number of phenols is 1. The molecule has 0 atom stereocenters. The minimum absolute atomic E-state index is 0.219. The highest BCUT2D eigenvalue weighted by molar-refractivity contribution is 5.75. The molecule has 0 bridgehead atoms. The van der Waals surface area contributed by atoms with Crippen molar-refractivity contribution in [1.82, 2.24) is 0 Å². The van der Waals surface area contributed by atoms with E-state index in [0.717, 1.165) is 5.56 Å². The summed E-state index contributed by atoms with van der Waals surface area (Å²) >= 11 is 0. The Morgan fingerprint density at radius 1 is 0.941 bits per heavy atom. The van der Waals surface area contributed by atoms with Crippen LogP contribution in [0.5, 0.6) is 11.5 Å². The van der Waals surface area contributed by atoms with Gasteiger partial charge in [0.15, 0.2) is 0 Å². The number of hydrogen-bond donors (Lipinski definition) is 1. The van der Waals surface area contributed by atoms with Gasteiger partial charge in [-0.2, -0.15) is 0 Å². The highest BCUT2D eigenvalue weighted by Gasteiger charge is 2.03. The van der Waals surface area contributed by atoms with Crippen LogP contribution in [0.3, 0.4) is 0 Å². The van der Waals surface area contributed by atoms with Crippen LogP contribution in [0.2, 0.25) is 0 Å². The number of benzene rings is 2. The molecule has 2 aromatic rings. The third-order valence-corrected chi connectivity index (χ3v) is 2.51. The van der Waals surface area contributed by atoms with Crippen molar-refractivity contribution in [3.8, 4) is 11.5 Å². The molecule has 86 valence electrons. The summed E-state index contributed by atoms with van der Waals surface area (Å²) in [7, 11) is 1.59. The highest BCUT2D eigenvalue weighted by Crippen LogP contribution is 2.29. The number of hydrogen-bond acceptors (Lipinski definition) is 2. The third kappa shape index (κ3) is 2.67. The fourth-order valence-electron chi connectivity index (χ4n) is 1.62. The van der Waals surface area contributed by atoms with Gasteiger partial charge in [0.1, 0.15) is 11.5 Å². The van der Waals surface area contributed by atoms with E-state index < -0.39 is 0 Å². The Bertz CT molecular complexity index is 516. The molecular formula is C15H14O2. The Morgan fingerprint density at radius 3 is 2.41 bits per heavy atom. The predicted octanol–water partition coefficient (Wildman–Crippen LogP) is 3.57. The van der Waals surface area contributed by atoms with Crippen LogP contribution in [-0.2, 0) is 0 Å². The molecule has 1 N–H and O–H groups in total. The first kappa shape index (κ1) is 11.3. The summed E-state index contributed by atoms with van der Waals surface area (Å²) in [6.45, 7) is 0. The summed E-state index contributed by atoms with van der Waals surface area (Å²) in [6, 6.07) is 15.2. The second-order valence-electron chi connectivity index (χ2n) is 3.64. The maximum absolute atomic E-state index is 9.77. The van der Waals surface area contributed by atoms with Crippen molar-refractivity contribution < 1.29 is 9.84 Å². The lowest BCUT2D eigenvalue weighted by Gasteiger charge is -2.06. The topological polar surface area (TPSA) is 29.5 Å². The van der Waals surface area contributed by atoms with Gasteiger partial charge in [0.05, 0.1) is 12.7 Å². The van der Waals surface area contributed by atoms with E-state index >= 15 is 0 Å². The van der Waals surface area contributed by atoms with Gasteiger partial charge in [-0.05, 0) is 23.8 Å². The van der Waals surface area contributed by atoms with Crippen molar-refractivity contribution in [3.63, 3.8) is 0 Å². The molecule has 0 aliphatic rings. The Hall–Kier alpha value is -2.22. The number of phenolic OH excluding ortho intramolecular Hbond substituents is 1. The molecule has 2 rings (SSSR count). The molecule has 0 fully saturated rings. The predicted molar refractivity (Wildman–Crippen MR) is 70.0 cm³/mol. The van der Waals surface area contributed by atoms with E-state index in [1.54, 1.807) is 19.2 Å². The Labute approximate surface area is 101 Å². The van der Waals surface area contributed by atoms with Crippen molar-refractivity contribution >= 4 is 12.2 Å². The molecule has 0 aliphatic heterocycles. The van der Waals surface area contributed by atoms with Crippen LogP contribution in [0.15, 0.2) is 48.5 Å². The third-order valence-electron chi connectivity index (χ3n) is 2.51. The molecule has 0 saturated heterocycles. The quantitative estimate of drug-likeness (QED) is 0.811. The summed E-state index contributed by atoms with van der Waals surface area (Å²) in [5, 5.41) is 9.77. The normalized spacial score (nSPS) is 10.6. The minimum atomic E-state index is 0.219. The second kappa shape index (κ2) is 5.21. The molecule has 0 aliphatic carbocycles. The molecule has 17 heavy (non-hydrogen) atoms. The summed E-state index contributed by atoms with van der Waals surface area (Å²) in [5.74, 6) is 0.883. The van der Waals surface area contributed by atoms with Gasteiger partial charge in [0.2, 0.25) is 0 Å². The molecule has 0 unspecified atom stereocenters. The maximum atomic E-state index is 9.77. The molecule has 0 saturated carbocycles. The maximum Gasteiger partial charge on any atom is 0.129 e. The standard InChI is InChI=1S/C15H14O2/c1-17-15-9-5-8-14(16)13(15)11-10-12-6-3-2-4-7-12/h2-11,16H,1H3/b11-10+. The van der Waals surface area contributed by atoms with Crippen LogP contribution >= 0.6 is 0 Å². The second-order valence-corrected chi connectivity index (χ2v) is 3.64. The van der Waals surface area contributed by atoms with E-state index in [4.69, 9.17) is 4.74 Å². The molecule has 0 amide bonds. The Morgan fingerprint density at radius 2 is 1.71 bits per heavy atom. The van der Waals surface area contributed by atoms with E-state index in [-0.39, 0.29) is 5.75 Å². The van der Waals surface area contributed by atoms with Crippen molar-refractivity contribution in [3.05, 3.63) is 59.7 Å². The van der Waals surface area contributed by atoms with Crippen LogP contribution in [0, 0.1) is 0 Å². The lowest BCUT2D eigenvalue weighted by Crippen LogP contribution is -1.86. The van der Waals surface area contributed by atoms with E-state index in [9.17, 15) is 5.11 Å². The summed E-state index contributed by atoms with van der Waals surface area (Å²) in [6.07, 6.45) is 3.79. The lowest BCUT2D eigenvalue weighted by molar-refractivity contribution is 0.406. The molecule has 0 radical (unpaired) electrons. The first-order chi connectivity index (χ1) is 8.31. The fourth-order valence-corrected chi connectivity index (χ4v) is 1.62. The van der Waals surface area contributed by atoms with E-state index in [1.165, 1.54) is 0 Å². The van der Waals surface area contributed by atoms with Gasteiger partial charge in [-0.25, -0.2) is 0 Å². The lowest BCUT2D eigenvalue weighted by atomic mass is 10.1. The van der Waals surface area contributed by atoms with Crippen LogP contribution < -0.4 is 4.74 Å². The van der Waals surface area contributed by atoms with E-state index in [0.29, 0.717) is 11.3 Å². The molecule has 2 heteroatoms. The zero-order chi connectivity index (χ0) is 12.1. The fraction of sp³-hybridized carbons (Fsp3) is 0.0667. The number of rotatable bonds is 3. The van der Waals surface area contributed by atoms with Crippen molar-refractivity contribution in [2.24, 2.45) is 0 Å². The SMILES string of the molecule is COc1cccc(O)c1/C=C/c1ccccc1. The van der Waals surface area contributed by atoms with Gasteiger partial charge in [-0.3, -0.25) is 0 Å². The molecule has 0 aromatic heterocycles. The molecule has 0 spiro atoms. The van der Waals surface area contributed by atoms with Gasteiger partial charge in [-0.15, -0.1) is 0 Å². The first-order valence-electron chi connectivity index (χ1n) is 5.40. The van der Waals surface area contributed by atoms with E-state index in [2.05, 4.69) is 0 Å². The highest BCUT2D eigenvalue weighted by atomic mass is 16.5. The average molecular weight is 226 g/mol.